The zero-order valence-corrected chi connectivity index (χ0v) is 19.9. The summed E-state index contributed by atoms with van der Waals surface area (Å²) in [5.74, 6) is 1.29. The molecule has 4 aromatic rings. The molecule has 1 N–H and O–H groups in total. The number of nitrogens with one attached hydrogen (secondary N) is 1. The average molecular weight is 471 g/mol. The van der Waals surface area contributed by atoms with Crippen molar-refractivity contribution in [2.75, 3.05) is 25.5 Å². The molecule has 1 aliphatic rings. The summed E-state index contributed by atoms with van der Waals surface area (Å²) in [5.41, 5.74) is 4.53. The smallest absolute Gasteiger partial charge is 0.253 e. The van der Waals surface area contributed by atoms with Gasteiger partial charge in [0, 0.05) is 50.0 Å². The minimum absolute atomic E-state index is 0.0678. The Hall–Kier alpha value is -3.94. The molecular weight excluding hydrogens is 440 g/mol. The number of fused-ring (bicyclic) bond motifs is 1. The number of hydrogen-bond acceptors (Lipinski definition) is 6. The molecule has 180 valence electrons. The van der Waals surface area contributed by atoms with Crippen LogP contribution in [0.4, 0.5) is 5.69 Å². The minimum atomic E-state index is 0.0678. The van der Waals surface area contributed by atoms with Crippen LogP contribution in [-0.4, -0.2) is 50.6 Å². The van der Waals surface area contributed by atoms with Gasteiger partial charge < -0.3 is 15.0 Å². The Morgan fingerprint density at radius 2 is 1.97 bits per heavy atom. The molecule has 1 amide bonds. The van der Waals surface area contributed by atoms with Crippen LogP contribution in [0.2, 0.25) is 0 Å². The van der Waals surface area contributed by atoms with Crippen molar-refractivity contribution < 1.29 is 9.53 Å². The summed E-state index contributed by atoms with van der Waals surface area (Å²) in [7, 11) is 1.64. The number of ether oxygens (including phenoxy) is 1. The molecule has 4 heterocycles. The molecular formula is C27H30N6O2. The summed E-state index contributed by atoms with van der Waals surface area (Å²) < 4.78 is 7.34. The molecule has 1 unspecified atom stereocenters. The van der Waals surface area contributed by atoms with Crippen molar-refractivity contribution in [3.05, 3.63) is 84.1 Å². The van der Waals surface area contributed by atoms with Gasteiger partial charge in [-0.3, -0.25) is 9.78 Å². The molecule has 0 spiro atoms. The van der Waals surface area contributed by atoms with Crippen molar-refractivity contribution in [1.29, 1.82) is 0 Å². The van der Waals surface area contributed by atoms with Crippen LogP contribution in [0.3, 0.4) is 0 Å². The second kappa shape index (κ2) is 10.5. The highest BCUT2D eigenvalue weighted by Gasteiger charge is 2.23. The number of anilines is 1. The van der Waals surface area contributed by atoms with Crippen LogP contribution in [0, 0.1) is 5.92 Å². The molecule has 1 saturated heterocycles. The van der Waals surface area contributed by atoms with E-state index in [1.165, 1.54) is 0 Å². The number of imidazole rings is 1. The van der Waals surface area contributed by atoms with E-state index in [0.29, 0.717) is 23.8 Å². The Morgan fingerprint density at radius 3 is 2.83 bits per heavy atom. The summed E-state index contributed by atoms with van der Waals surface area (Å²) in [6.45, 7) is 2.15. The number of nitrogens with zero attached hydrogens (tertiary/aromatic N) is 5. The van der Waals surface area contributed by atoms with Crippen LogP contribution in [0.25, 0.3) is 5.65 Å². The first-order valence-corrected chi connectivity index (χ1v) is 12.1. The average Bonchev–Trinajstić information content (AvgIpc) is 3.25. The maximum Gasteiger partial charge on any atom is 0.253 e. The lowest BCUT2D eigenvalue weighted by atomic mass is 9.95. The molecule has 1 aliphatic heterocycles. The first-order valence-electron chi connectivity index (χ1n) is 12.1. The topological polar surface area (TPSA) is 84.7 Å². The van der Waals surface area contributed by atoms with E-state index in [1.54, 1.807) is 25.7 Å². The fourth-order valence-electron chi connectivity index (χ4n) is 4.69. The standard InChI is InChI=1S/C27H30N6O2/c1-35-25-6-4-22(18-24(25)30-19-21-8-11-28-12-9-21)27(34)32-14-2-3-20(10-15-32)17-23-5-7-26-29-13-16-33(26)31-23/h4-9,11-13,16,18,20,30H,2-3,10,14-15,17,19H2,1H3. The van der Waals surface area contributed by atoms with E-state index in [4.69, 9.17) is 4.74 Å². The molecule has 8 nitrogen and oxygen atoms in total. The highest BCUT2D eigenvalue weighted by atomic mass is 16.5. The maximum absolute atomic E-state index is 13.4. The number of aromatic nitrogens is 4. The predicted octanol–water partition coefficient (Wildman–Crippen LogP) is 4.23. The van der Waals surface area contributed by atoms with Gasteiger partial charge >= 0.3 is 0 Å². The SMILES string of the molecule is COc1ccc(C(=O)N2CCCC(Cc3ccc4nccn4n3)CC2)cc1NCc1ccncc1. The monoisotopic (exact) mass is 470 g/mol. The molecule has 3 aromatic heterocycles. The largest absolute Gasteiger partial charge is 0.495 e. The van der Waals surface area contributed by atoms with Crippen LogP contribution >= 0.6 is 0 Å². The van der Waals surface area contributed by atoms with Gasteiger partial charge in [0.05, 0.1) is 18.5 Å². The van der Waals surface area contributed by atoms with Gasteiger partial charge in [0.15, 0.2) is 5.65 Å². The van der Waals surface area contributed by atoms with Gasteiger partial charge in [-0.05, 0) is 79.6 Å². The van der Waals surface area contributed by atoms with Crippen LogP contribution in [-0.2, 0) is 13.0 Å². The minimum Gasteiger partial charge on any atom is -0.495 e. The Labute approximate surface area is 205 Å². The first-order chi connectivity index (χ1) is 17.2. The lowest BCUT2D eigenvalue weighted by molar-refractivity contribution is 0.0760. The van der Waals surface area contributed by atoms with E-state index >= 15 is 0 Å². The number of methoxy groups -OCH3 is 1. The third-order valence-electron chi connectivity index (χ3n) is 6.62. The van der Waals surface area contributed by atoms with E-state index in [1.807, 2.05) is 52.0 Å². The van der Waals surface area contributed by atoms with E-state index in [-0.39, 0.29) is 5.91 Å². The fourth-order valence-corrected chi connectivity index (χ4v) is 4.69. The Balaban J connectivity index is 1.23. The number of benzene rings is 1. The molecule has 5 rings (SSSR count). The summed E-state index contributed by atoms with van der Waals surface area (Å²) in [5, 5.41) is 8.08. The highest BCUT2D eigenvalue weighted by Crippen LogP contribution is 2.28. The zero-order chi connectivity index (χ0) is 24.0. The normalized spacial score (nSPS) is 16.1. The van der Waals surface area contributed by atoms with Crippen molar-refractivity contribution in [1.82, 2.24) is 24.5 Å². The van der Waals surface area contributed by atoms with Gasteiger partial charge in [-0.15, -0.1) is 0 Å². The predicted molar refractivity (Wildman–Crippen MR) is 134 cm³/mol. The van der Waals surface area contributed by atoms with Crippen LogP contribution < -0.4 is 10.1 Å². The van der Waals surface area contributed by atoms with Crippen molar-refractivity contribution >= 4 is 17.2 Å². The van der Waals surface area contributed by atoms with Gasteiger partial charge in [0.2, 0.25) is 0 Å². The van der Waals surface area contributed by atoms with E-state index in [9.17, 15) is 4.79 Å². The number of pyridine rings is 1. The van der Waals surface area contributed by atoms with Crippen molar-refractivity contribution in [3.63, 3.8) is 0 Å². The zero-order valence-electron chi connectivity index (χ0n) is 19.9. The third-order valence-corrected chi connectivity index (χ3v) is 6.62. The summed E-state index contributed by atoms with van der Waals surface area (Å²) in [6.07, 6.45) is 11.2. The summed E-state index contributed by atoms with van der Waals surface area (Å²) in [4.78, 5) is 23.7. The van der Waals surface area contributed by atoms with E-state index in [2.05, 4.69) is 26.4 Å². The molecule has 0 radical (unpaired) electrons. The van der Waals surface area contributed by atoms with Gasteiger partial charge in [-0.2, -0.15) is 5.10 Å². The van der Waals surface area contributed by atoms with Crippen LogP contribution in [0.5, 0.6) is 5.75 Å². The van der Waals surface area contributed by atoms with E-state index < -0.39 is 0 Å². The summed E-state index contributed by atoms with van der Waals surface area (Å²) >= 11 is 0. The molecule has 1 aromatic carbocycles. The summed E-state index contributed by atoms with van der Waals surface area (Å²) in [6, 6.07) is 13.6. The lowest BCUT2D eigenvalue weighted by Crippen LogP contribution is -2.32. The molecule has 1 atom stereocenters. The van der Waals surface area contributed by atoms with Crippen molar-refractivity contribution in [2.24, 2.45) is 5.92 Å². The highest BCUT2D eigenvalue weighted by molar-refractivity contribution is 5.95. The Kier molecular flexibility index (Phi) is 6.88. The third kappa shape index (κ3) is 5.42. The quantitative estimate of drug-likeness (QED) is 0.435. The molecule has 35 heavy (non-hydrogen) atoms. The number of likely N-dealkylation sites (tertiary alicyclic amines) is 1. The first kappa shape index (κ1) is 22.8. The molecule has 8 heteroatoms. The number of hydrogen-bond donors (Lipinski definition) is 1. The van der Waals surface area contributed by atoms with Crippen LogP contribution in [0.1, 0.15) is 40.9 Å². The number of carbonyl (C=O) groups is 1. The Bertz CT molecular complexity index is 1290. The van der Waals surface area contributed by atoms with E-state index in [0.717, 1.165) is 61.4 Å². The molecule has 0 saturated carbocycles. The molecule has 1 fully saturated rings. The lowest BCUT2D eigenvalue weighted by Gasteiger charge is -2.22. The second-order valence-corrected chi connectivity index (χ2v) is 8.97. The van der Waals surface area contributed by atoms with Crippen molar-refractivity contribution in [2.45, 2.75) is 32.2 Å². The van der Waals surface area contributed by atoms with Gasteiger partial charge in [0.25, 0.3) is 5.91 Å². The second-order valence-electron chi connectivity index (χ2n) is 8.97. The van der Waals surface area contributed by atoms with Gasteiger partial charge in [0.1, 0.15) is 5.75 Å². The van der Waals surface area contributed by atoms with Gasteiger partial charge in [-0.1, -0.05) is 0 Å². The molecule has 0 bridgehead atoms. The number of rotatable bonds is 7. The number of amides is 1. The number of carbonyl (C=O) groups excluding carboxylic acids is 1. The van der Waals surface area contributed by atoms with Gasteiger partial charge in [-0.25, -0.2) is 9.50 Å². The Morgan fingerprint density at radius 1 is 1.09 bits per heavy atom. The van der Waals surface area contributed by atoms with Crippen molar-refractivity contribution in [3.8, 4) is 5.75 Å². The maximum atomic E-state index is 13.4. The fraction of sp³-hybridized carbons (Fsp3) is 0.333. The molecule has 0 aliphatic carbocycles. The van der Waals surface area contributed by atoms with Crippen LogP contribution in [0.15, 0.2) is 67.3 Å².